The number of ether oxygens (including phenoxy) is 37. The van der Waals surface area contributed by atoms with E-state index in [0.29, 0.717) is 136 Å². The summed E-state index contributed by atoms with van der Waals surface area (Å²) in [6.45, 7) is 23.3. The van der Waals surface area contributed by atoms with E-state index in [2.05, 4.69) is 0 Å². The van der Waals surface area contributed by atoms with Crippen molar-refractivity contribution in [3.05, 3.63) is 0 Å². The zero-order valence-corrected chi connectivity index (χ0v) is 86.3. The van der Waals surface area contributed by atoms with Crippen molar-refractivity contribution in [2.24, 2.45) is 11.8 Å². The highest BCUT2D eigenvalue weighted by Gasteiger charge is 2.59. The van der Waals surface area contributed by atoms with Gasteiger partial charge in [-0.2, -0.15) is 0 Å². The SMILES string of the molecule is CC12CC(=O)OCCOCCOC(=O)CC3(C)OCC(O3)C(CO1)O2.CC12CCC(=O)OCC3CCC(CC3)COC(=O)CCC3(C)OCC(O3)C(CO1)O2.CC12CCC(=O)OCCCOC(=O)CCC3(C)OCC(O3)C(CO1)O2.CC12OCC(O1)C1COC(C)(O1)C(=O)OCCCCOC2=O.CC12OCC(O1)C1COC(C)(O1)C(=O)OCCOC2=O.O=C1CCC2OCC(O2)C2COC(CCC(=O)OCCCCCCO1)O2. The van der Waals surface area contributed by atoms with Gasteiger partial charge in [0, 0.05) is 72.6 Å². The number of hydrogen-bond acceptors (Lipinski definition) is 49. The first-order valence-corrected chi connectivity index (χ1v) is 51.9. The van der Waals surface area contributed by atoms with Crippen LogP contribution in [-0.4, -0.2) is 387 Å². The smallest absolute Gasteiger partial charge is 0.366 e. The molecule has 0 radical (unpaired) electrons. The second kappa shape index (κ2) is 53.2. The Bertz CT molecular complexity index is 4140. The Morgan fingerprint density at radius 2 is 0.432 bits per heavy atom. The average Bonchev–Trinajstić information content (AvgIpc) is 1.63. The number of rotatable bonds is 0. The van der Waals surface area contributed by atoms with Crippen molar-refractivity contribution in [3.8, 4) is 0 Å². The first-order chi connectivity index (χ1) is 70.6. The van der Waals surface area contributed by atoms with Crippen LogP contribution in [0.3, 0.4) is 0 Å². The highest BCUT2D eigenvalue weighted by atomic mass is 16.8. The van der Waals surface area contributed by atoms with E-state index in [9.17, 15) is 57.5 Å². The van der Waals surface area contributed by atoms with Crippen LogP contribution in [0.5, 0.6) is 0 Å². The van der Waals surface area contributed by atoms with Gasteiger partial charge in [-0.3, -0.25) is 38.4 Å². The maximum Gasteiger partial charge on any atom is 0.366 e. The molecule has 26 bridgehead atoms. The van der Waals surface area contributed by atoms with Gasteiger partial charge in [0.25, 0.3) is 23.1 Å². The van der Waals surface area contributed by atoms with E-state index in [1.54, 1.807) is 13.8 Å². The lowest BCUT2D eigenvalue weighted by molar-refractivity contribution is -0.225. The fourth-order valence-electron chi connectivity index (χ4n) is 18.9. The summed E-state index contributed by atoms with van der Waals surface area (Å²) in [7, 11) is 0. The molecule has 0 aromatic carbocycles. The molecule has 1 saturated carbocycles. The largest absolute Gasteiger partial charge is 0.466 e. The molecule has 24 atom stereocenters. The first kappa shape index (κ1) is 116. The van der Waals surface area contributed by atoms with Crippen LogP contribution in [0.15, 0.2) is 0 Å². The van der Waals surface area contributed by atoms with Crippen molar-refractivity contribution in [2.45, 2.75) is 373 Å². The van der Waals surface area contributed by atoms with Gasteiger partial charge >= 0.3 is 71.6 Å². The minimum atomic E-state index is -1.46. The van der Waals surface area contributed by atoms with Crippen LogP contribution in [0, 0.1) is 11.8 Å². The van der Waals surface area contributed by atoms with E-state index < -0.39 is 143 Å². The zero-order chi connectivity index (χ0) is 105. The minimum Gasteiger partial charge on any atom is -0.466 e. The molecule has 0 aromatic heterocycles. The van der Waals surface area contributed by atoms with Crippen molar-refractivity contribution in [2.75, 3.05) is 172 Å². The maximum atomic E-state index is 12.2. The minimum absolute atomic E-state index is 0.0318. The quantitative estimate of drug-likeness (QED) is 0.218. The van der Waals surface area contributed by atoms with Crippen molar-refractivity contribution in [1.82, 2.24) is 0 Å². The number of cyclic esters (lactones) is 10. The molecule has 0 N–H and O–H groups in total. The second-order valence-electron chi connectivity index (χ2n) is 40.8. The molecule has 838 valence electrons. The van der Waals surface area contributed by atoms with Gasteiger partial charge in [0.2, 0.25) is 0 Å². The topological polar surface area (TPSA) is 546 Å². The number of carbonyl (C=O) groups excluding carboxylic acids is 12. The van der Waals surface area contributed by atoms with E-state index in [1.165, 1.54) is 27.7 Å². The standard InChI is InChI=1S/C22H34O8.C18H28O8.C17H26O8.C16H24O9.C14H20O8.C12H16O8/c1-21-9-7-19(23)25-11-15-3-5-16(6-4-15)12-26-20(24)8-10-22(2)28-14-18(30-22)17(29-21)13-27-21;19-15-5-7-17-23-11-13(25-17)14-12-24-18(26-14)8-6-16(20)22-10-4-2-1-3-9-21-15;1-16-6-4-14(18)20-8-3-9-21-15(19)5-7-17(2)23-11-13(25-17)12(24-16)10-22-16;1-15-7-13(17)20-5-3-19-4-6-21-14(18)8-16(2)23-10-12(25-16)11(24-15)9-22-15;1-13-11(15)17-5-3-4-6-18-12(16)14(2)20-8-10(22-14)9(21-13)7-19-13;1-11-9(13)15-3-4-16-10(14)12(2)18-6-8(20-12)7(19-11)5-17-11/h15-18H,3-14H2,1-2H3;13-14,17-18H,1-12H2;12-13H,3-11H2,1-2H3;11-12H,3-10H2,1-2H3;9-10H,3-8H2,1-2H3;7-8H,3-6H2,1-2H3. The summed E-state index contributed by atoms with van der Waals surface area (Å²) in [5.41, 5.74) is 0. The van der Waals surface area contributed by atoms with Crippen LogP contribution in [0.2, 0.25) is 0 Å². The number of fused-ring (bicyclic) bond motifs is 35. The van der Waals surface area contributed by atoms with Gasteiger partial charge in [-0.25, -0.2) is 19.2 Å². The summed E-state index contributed by atoms with van der Waals surface area (Å²) in [5, 5.41) is 0. The molecule has 1 aliphatic carbocycles. The van der Waals surface area contributed by atoms with E-state index in [0.717, 1.165) is 51.4 Å². The van der Waals surface area contributed by atoms with Crippen LogP contribution in [0.1, 0.15) is 230 Å². The zero-order valence-electron chi connectivity index (χ0n) is 86.3. The van der Waals surface area contributed by atoms with Crippen molar-refractivity contribution >= 4 is 71.6 Å². The fourth-order valence-corrected chi connectivity index (χ4v) is 18.9. The van der Waals surface area contributed by atoms with Crippen LogP contribution in [-0.2, 0) is 233 Å². The van der Waals surface area contributed by atoms with E-state index in [4.69, 9.17) is 175 Å². The van der Waals surface area contributed by atoms with Gasteiger partial charge in [0.05, 0.1) is 197 Å². The summed E-state index contributed by atoms with van der Waals surface area (Å²) in [5.74, 6) is -15.4. The third kappa shape index (κ3) is 34.1. The lowest BCUT2D eigenvalue weighted by Gasteiger charge is -2.29. The molecule has 49 heteroatoms. The lowest BCUT2D eigenvalue weighted by atomic mass is 9.83. The molecule has 24 unspecified atom stereocenters. The molecule has 0 aromatic rings. The molecular weight excluding hydrogens is 1970 g/mol. The molecule has 20 fully saturated rings. The third-order valence-electron chi connectivity index (χ3n) is 27.9. The van der Waals surface area contributed by atoms with Crippen LogP contribution >= 0.6 is 0 Å². The number of carbonyl (C=O) groups is 12. The fraction of sp³-hybridized carbons (Fsp3) is 0.879. The third-order valence-corrected chi connectivity index (χ3v) is 27.9. The van der Waals surface area contributed by atoms with Gasteiger partial charge in [0.1, 0.15) is 99.7 Å². The highest BCUT2D eigenvalue weighted by Crippen LogP contribution is 2.44. The molecule has 148 heavy (non-hydrogen) atoms. The summed E-state index contributed by atoms with van der Waals surface area (Å²) in [4.78, 5) is 143. The predicted octanol–water partition coefficient (Wildman–Crippen LogP) is 5.33. The first-order valence-electron chi connectivity index (χ1n) is 51.9. The normalized spacial score (nSPS) is 41.6. The van der Waals surface area contributed by atoms with Crippen LogP contribution in [0.25, 0.3) is 0 Å². The van der Waals surface area contributed by atoms with Crippen molar-refractivity contribution in [1.29, 1.82) is 0 Å². The maximum absolute atomic E-state index is 12.2. The summed E-state index contributed by atoms with van der Waals surface area (Å²) < 4.78 is 205. The Balaban J connectivity index is 0.000000141. The Hall–Kier alpha value is -7.36. The Morgan fingerprint density at radius 1 is 0.196 bits per heavy atom. The predicted molar refractivity (Wildman–Crippen MR) is 486 cm³/mol. The van der Waals surface area contributed by atoms with E-state index in [1.807, 2.05) is 27.7 Å². The monoisotopic (exact) mass is 2120 g/mol. The molecule has 20 rings (SSSR count). The van der Waals surface area contributed by atoms with Crippen molar-refractivity contribution in [3.63, 3.8) is 0 Å². The molecule has 49 nitrogen and oxygen atoms in total. The van der Waals surface area contributed by atoms with Gasteiger partial charge in [-0.1, -0.05) is 0 Å². The molecule has 19 saturated heterocycles. The Morgan fingerprint density at radius 3 is 0.750 bits per heavy atom. The summed E-state index contributed by atoms with van der Waals surface area (Å²) in [6.07, 6.45) is 7.85. The molecule has 0 spiro atoms. The van der Waals surface area contributed by atoms with E-state index >= 15 is 0 Å². The van der Waals surface area contributed by atoms with Gasteiger partial charge < -0.3 is 175 Å². The van der Waals surface area contributed by atoms with Crippen LogP contribution < -0.4 is 0 Å². The number of hydrogen-bond donors (Lipinski definition) is 0. The molecule has 19 heterocycles. The molecule has 19 aliphatic heterocycles. The molecular formula is C99H148O49. The summed E-state index contributed by atoms with van der Waals surface area (Å²) >= 11 is 0. The Labute approximate surface area is 858 Å². The average molecular weight is 2120 g/mol. The van der Waals surface area contributed by atoms with Gasteiger partial charge in [-0.15, -0.1) is 0 Å². The van der Waals surface area contributed by atoms with Crippen molar-refractivity contribution < 1.29 is 233 Å². The Kier molecular flexibility index (Phi) is 41.8. The van der Waals surface area contributed by atoms with Crippen LogP contribution in [0.4, 0.5) is 0 Å². The molecule has 0 amide bonds. The van der Waals surface area contributed by atoms with E-state index in [-0.39, 0.29) is 230 Å². The second-order valence-corrected chi connectivity index (χ2v) is 40.8. The number of esters is 12. The molecule has 20 aliphatic rings. The van der Waals surface area contributed by atoms with Gasteiger partial charge in [0.15, 0.2) is 47.3 Å². The highest BCUT2D eigenvalue weighted by molar-refractivity contribution is 5.80. The lowest BCUT2D eigenvalue weighted by Crippen LogP contribution is -2.44. The summed E-state index contributed by atoms with van der Waals surface area (Å²) in [6, 6.07) is 0. The van der Waals surface area contributed by atoms with Gasteiger partial charge in [-0.05, 0) is 118 Å².